The van der Waals surface area contributed by atoms with Gasteiger partial charge in [-0.05, 0) is 31.7 Å². The Morgan fingerprint density at radius 3 is 2.95 bits per heavy atom. The van der Waals surface area contributed by atoms with Crippen LogP contribution in [-0.4, -0.2) is 33.5 Å². The molecule has 0 N–H and O–H groups in total. The molecule has 0 aromatic carbocycles. The van der Waals surface area contributed by atoms with Crippen molar-refractivity contribution in [2.75, 3.05) is 18.0 Å². The number of nitrogens with zero attached hydrogens (tertiary/aromatic N) is 4. The molecule has 3 rings (SSSR count). The lowest BCUT2D eigenvalue weighted by atomic mass is 9.94. The van der Waals surface area contributed by atoms with Gasteiger partial charge in [-0.2, -0.15) is 5.10 Å². The minimum atomic E-state index is 0.133. The van der Waals surface area contributed by atoms with Crippen LogP contribution in [0.3, 0.4) is 0 Å². The fourth-order valence-electron chi connectivity index (χ4n) is 2.95. The van der Waals surface area contributed by atoms with Gasteiger partial charge in [0.25, 0.3) is 0 Å². The second-order valence-electron chi connectivity index (χ2n) is 6.20. The number of anilines is 1. The van der Waals surface area contributed by atoms with E-state index in [2.05, 4.69) is 34.9 Å². The lowest BCUT2D eigenvalue weighted by molar-refractivity contribution is -0.120. The molecule has 3 heterocycles. The predicted octanol–water partition coefficient (Wildman–Crippen LogP) is 2.66. The highest BCUT2D eigenvalue weighted by Crippen LogP contribution is 2.27. The fourth-order valence-corrected chi connectivity index (χ4v) is 2.95. The molecule has 0 aliphatic carbocycles. The molecule has 1 unspecified atom stereocenters. The molecule has 0 saturated carbocycles. The third-order valence-electron chi connectivity index (χ3n) is 4.28. The molecule has 5 heteroatoms. The highest BCUT2D eigenvalue weighted by molar-refractivity contribution is 5.79. The van der Waals surface area contributed by atoms with Gasteiger partial charge in [-0.1, -0.05) is 13.8 Å². The summed E-state index contributed by atoms with van der Waals surface area (Å²) in [5, 5.41) is 4.60. The van der Waals surface area contributed by atoms with E-state index >= 15 is 0 Å². The summed E-state index contributed by atoms with van der Waals surface area (Å²) in [6, 6.07) is 2.12. The summed E-state index contributed by atoms with van der Waals surface area (Å²) >= 11 is 0. The van der Waals surface area contributed by atoms with Crippen LogP contribution in [0.2, 0.25) is 0 Å². The number of aromatic nitrogens is 3. The zero-order valence-corrected chi connectivity index (χ0v) is 12.9. The number of rotatable bonds is 3. The molecule has 1 saturated heterocycles. The van der Waals surface area contributed by atoms with Gasteiger partial charge in [-0.3, -0.25) is 4.79 Å². The maximum atomic E-state index is 11.7. The van der Waals surface area contributed by atoms with Crippen LogP contribution >= 0.6 is 0 Å². The molecule has 0 amide bonds. The first-order chi connectivity index (χ1) is 10.1. The Bertz CT molecular complexity index is 661. The number of ketones is 1. The Kier molecular flexibility index (Phi) is 3.66. The van der Waals surface area contributed by atoms with E-state index in [4.69, 9.17) is 0 Å². The number of fused-ring (bicyclic) bond motifs is 1. The molecule has 1 atom stereocenters. The lowest BCUT2D eigenvalue weighted by Gasteiger charge is -2.32. The van der Waals surface area contributed by atoms with Gasteiger partial charge in [0.1, 0.15) is 11.3 Å². The van der Waals surface area contributed by atoms with Crippen LogP contribution in [0, 0.1) is 5.92 Å². The van der Waals surface area contributed by atoms with Crippen LogP contribution in [-0.2, 0) is 4.79 Å². The Morgan fingerprint density at radius 2 is 2.24 bits per heavy atom. The number of carbonyl (C=O) groups excluding carboxylic acids is 1. The van der Waals surface area contributed by atoms with Crippen molar-refractivity contribution in [3.63, 3.8) is 0 Å². The highest BCUT2D eigenvalue weighted by Gasteiger charge is 2.25. The van der Waals surface area contributed by atoms with Crippen molar-refractivity contribution in [1.82, 2.24) is 14.6 Å². The van der Waals surface area contributed by atoms with E-state index in [1.165, 1.54) is 0 Å². The molecule has 1 aliphatic heterocycles. The van der Waals surface area contributed by atoms with Crippen molar-refractivity contribution in [2.45, 2.75) is 39.5 Å². The third-order valence-corrected chi connectivity index (χ3v) is 4.28. The number of piperidine rings is 1. The Labute approximate surface area is 125 Å². The summed E-state index contributed by atoms with van der Waals surface area (Å²) in [4.78, 5) is 18.5. The van der Waals surface area contributed by atoms with Gasteiger partial charge in [0.05, 0.1) is 5.69 Å². The van der Waals surface area contributed by atoms with Crippen molar-refractivity contribution in [3.05, 3.63) is 24.2 Å². The monoisotopic (exact) mass is 286 g/mol. The predicted molar refractivity (Wildman–Crippen MR) is 82.7 cm³/mol. The quantitative estimate of drug-likeness (QED) is 0.870. The maximum Gasteiger partial charge on any atom is 0.154 e. The van der Waals surface area contributed by atoms with Crippen LogP contribution in [0.4, 0.5) is 5.82 Å². The van der Waals surface area contributed by atoms with E-state index in [1.54, 1.807) is 13.1 Å². The van der Waals surface area contributed by atoms with Gasteiger partial charge in [0.15, 0.2) is 5.82 Å². The van der Waals surface area contributed by atoms with Gasteiger partial charge in [-0.25, -0.2) is 9.50 Å². The fraction of sp³-hybridized carbons (Fsp3) is 0.562. The van der Waals surface area contributed by atoms with Crippen LogP contribution in [0.15, 0.2) is 18.5 Å². The van der Waals surface area contributed by atoms with Crippen molar-refractivity contribution in [3.8, 4) is 0 Å². The molecule has 5 nitrogen and oxygen atoms in total. The van der Waals surface area contributed by atoms with Gasteiger partial charge < -0.3 is 4.90 Å². The number of Topliss-reactive ketones (excluding diaryl/α,β-unsaturated/α-hetero) is 1. The van der Waals surface area contributed by atoms with Gasteiger partial charge in [0, 0.05) is 31.4 Å². The van der Waals surface area contributed by atoms with E-state index in [0.29, 0.717) is 5.92 Å². The maximum absolute atomic E-state index is 11.7. The van der Waals surface area contributed by atoms with E-state index < -0.39 is 0 Å². The zero-order valence-electron chi connectivity index (χ0n) is 12.9. The summed E-state index contributed by atoms with van der Waals surface area (Å²) in [6.45, 7) is 7.70. The second-order valence-corrected chi connectivity index (χ2v) is 6.20. The van der Waals surface area contributed by atoms with E-state index in [0.717, 1.165) is 43.0 Å². The van der Waals surface area contributed by atoms with Crippen molar-refractivity contribution in [1.29, 1.82) is 0 Å². The van der Waals surface area contributed by atoms with Crippen molar-refractivity contribution < 1.29 is 4.79 Å². The lowest BCUT2D eigenvalue weighted by Crippen LogP contribution is -2.38. The third kappa shape index (κ3) is 2.64. The zero-order chi connectivity index (χ0) is 15.0. The highest BCUT2D eigenvalue weighted by atomic mass is 16.1. The van der Waals surface area contributed by atoms with Crippen LogP contribution in [0.25, 0.3) is 5.52 Å². The van der Waals surface area contributed by atoms with E-state index in [-0.39, 0.29) is 11.7 Å². The van der Waals surface area contributed by atoms with Crippen LogP contribution < -0.4 is 4.90 Å². The smallest absolute Gasteiger partial charge is 0.154 e. The molecule has 0 radical (unpaired) electrons. The summed E-state index contributed by atoms with van der Waals surface area (Å²) in [5.41, 5.74) is 2.11. The minimum Gasteiger partial charge on any atom is -0.354 e. The van der Waals surface area contributed by atoms with Crippen molar-refractivity contribution >= 4 is 17.1 Å². The summed E-state index contributed by atoms with van der Waals surface area (Å²) in [5.74, 6) is 1.75. The average Bonchev–Trinajstić information content (AvgIpc) is 2.91. The Hall–Kier alpha value is -1.91. The molecule has 0 bridgehead atoms. The first-order valence-corrected chi connectivity index (χ1v) is 7.66. The average molecular weight is 286 g/mol. The van der Waals surface area contributed by atoms with Crippen molar-refractivity contribution in [2.24, 2.45) is 5.92 Å². The summed E-state index contributed by atoms with van der Waals surface area (Å²) < 4.78 is 1.90. The molecule has 21 heavy (non-hydrogen) atoms. The standard InChI is InChI=1S/C16H22N4O/c1-11(2)14-9-15-16(17-6-8-20(15)18-14)19-7-4-5-13(10-19)12(3)21/h6,8-9,11,13H,4-5,7,10H2,1-3H3. The normalized spacial score (nSPS) is 19.4. The van der Waals surface area contributed by atoms with E-state index in [9.17, 15) is 4.79 Å². The van der Waals surface area contributed by atoms with Crippen LogP contribution in [0.5, 0.6) is 0 Å². The molecule has 112 valence electrons. The molecule has 1 fully saturated rings. The first kappa shape index (κ1) is 14.0. The topological polar surface area (TPSA) is 50.5 Å². The van der Waals surface area contributed by atoms with Crippen LogP contribution in [0.1, 0.15) is 45.2 Å². The summed E-state index contributed by atoms with van der Waals surface area (Å²) in [7, 11) is 0. The molecule has 2 aromatic rings. The number of carbonyl (C=O) groups is 1. The molecule has 1 aliphatic rings. The Morgan fingerprint density at radius 1 is 1.43 bits per heavy atom. The molecule has 0 spiro atoms. The number of hydrogen-bond acceptors (Lipinski definition) is 4. The van der Waals surface area contributed by atoms with Gasteiger partial charge >= 0.3 is 0 Å². The molecular weight excluding hydrogens is 264 g/mol. The SMILES string of the molecule is CC(=O)C1CCCN(c2nccn3nc(C(C)C)cc23)C1. The minimum absolute atomic E-state index is 0.133. The number of hydrogen-bond donors (Lipinski definition) is 0. The summed E-state index contributed by atoms with van der Waals surface area (Å²) in [6.07, 6.45) is 5.71. The van der Waals surface area contributed by atoms with Gasteiger partial charge in [-0.15, -0.1) is 0 Å². The van der Waals surface area contributed by atoms with E-state index in [1.807, 2.05) is 10.7 Å². The first-order valence-electron chi connectivity index (χ1n) is 7.66. The Balaban J connectivity index is 1.97. The second kappa shape index (κ2) is 5.47. The molecular formula is C16H22N4O. The van der Waals surface area contributed by atoms with Gasteiger partial charge in [0.2, 0.25) is 0 Å². The largest absolute Gasteiger partial charge is 0.354 e. The molecule has 2 aromatic heterocycles.